The van der Waals surface area contributed by atoms with Crippen LogP contribution in [0.3, 0.4) is 0 Å². The van der Waals surface area contributed by atoms with Gasteiger partial charge in [-0.1, -0.05) is 0 Å². The average Bonchev–Trinajstić information content (AvgIpc) is 2.86. The minimum absolute atomic E-state index is 0.196. The first-order valence-electron chi connectivity index (χ1n) is 7.34. The monoisotopic (exact) mass is 261 g/mol. The third kappa shape index (κ3) is 2.17. The zero-order chi connectivity index (χ0) is 13.7. The smallest absolute Gasteiger partial charge is 0.227 e. The normalized spacial score (nSPS) is 28.6. The minimum atomic E-state index is 0.196. The summed E-state index contributed by atoms with van der Waals surface area (Å²) in [6, 6.07) is 0.323. The van der Waals surface area contributed by atoms with E-state index >= 15 is 0 Å². The van der Waals surface area contributed by atoms with Crippen molar-refractivity contribution in [3.05, 3.63) is 11.4 Å². The molecule has 3 rings (SSSR count). The number of nitrogens with one attached hydrogen (secondary N) is 1. The molecule has 104 valence electrons. The number of amides is 1. The molecule has 1 aromatic rings. The molecule has 1 heterocycles. The molecule has 4 nitrogen and oxygen atoms in total. The molecule has 2 unspecified atom stereocenters. The lowest BCUT2D eigenvalue weighted by molar-refractivity contribution is -0.120. The Morgan fingerprint density at radius 1 is 1.26 bits per heavy atom. The zero-order valence-corrected chi connectivity index (χ0v) is 12.2. The molecule has 0 bridgehead atoms. The molecule has 2 fully saturated rings. The van der Waals surface area contributed by atoms with Crippen LogP contribution in [-0.2, 0) is 4.79 Å². The molecule has 0 spiro atoms. The highest BCUT2D eigenvalue weighted by atomic mass is 16.1. The topological polar surface area (TPSA) is 46.9 Å². The summed E-state index contributed by atoms with van der Waals surface area (Å²) in [7, 11) is 0. The van der Waals surface area contributed by atoms with E-state index in [1.54, 1.807) is 0 Å². The van der Waals surface area contributed by atoms with E-state index in [-0.39, 0.29) is 11.8 Å². The Labute approximate surface area is 114 Å². The van der Waals surface area contributed by atoms with Gasteiger partial charge in [0, 0.05) is 12.0 Å². The Kier molecular flexibility index (Phi) is 2.91. The lowest BCUT2D eigenvalue weighted by Gasteiger charge is -2.13. The Morgan fingerprint density at radius 2 is 1.89 bits per heavy atom. The van der Waals surface area contributed by atoms with Crippen molar-refractivity contribution in [1.82, 2.24) is 9.78 Å². The number of carbonyl (C=O) groups excluding carboxylic acids is 1. The Morgan fingerprint density at radius 3 is 2.42 bits per heavy atom. The van der Waals surface area contributed by atoms with Gasteiger partial charge in [-0.05, 0) is 58.8 Å². The lowest BCUT2D eigenvalue weighted by atomic mass is 10.0. The van der Waals surface area contributed by atoms with E-state index in [0.717, 1.165) is 41.8 Å². The van der Waals surface area contributed by atoms with E-state index in [0.29, 0.717) is 6.04 Å². The van der Waals surface area contributed by atoms with Crippen molar-refractivity contribution < 1.29 is 4.79 Å². The Balaban J connectivity index is 1.74. The summed E-state index contributed by atoms with van der Waals surface area (Å²) >= 11 is 0. The maximum Gasteiger partial charge on any atom is 0.227 e. The van der Waals surface area contributed by atoms with Gasteiger partial charge in [0.05, 0.1) is 17.1 Å². The maximum absolute atomic E-state index is 12.3. The Bertz CT molecular complexity index is 508. The summed E-state index contributed by atoms with van der Waals surface area (Å²) in [5.74, 6) is 2.11. The number of rotatable bonds is 3. The fourth-order valence-corrected chi connectivity index (χ4v) is 3.50. The van der Waals surface area contributed by atoms with Crippen LogP contribution in [0.15, 0.2) is 0 Å². The first-order chi connectivity index (χ1) is 8.97. The van der Waals surface area contributed by atoms with Crippen molar-refractivity contribution >= 4 is 11.6 Å². The average molecular weight is 261 g/mol. The number of nitrogens with zero attached hydrogens (tertiary/aromatic N) is 2. The first-order valence-corrected chi connectivity index (χ1v) is 7.34. The number of aromatic nitrogens is 2. The molecule has 1 aromatic heterocycles. The summed E-state index contributed by atoms with van der Waals surface area (Å²) in [4.78, 5) is 12.3. The number of anilines is 1. The maximum atomic E-state index is 12.3. The number of hydrogen-bond acceptors (Lipinski definition) is 2. The molecule has 0 saturated heterocycles. The quantitative estimate of drug-likeness (QED) is 0.909. The zero-order valence-electron chi connectivity index (χ0n) is 12.2. The molecule has 2 saturated carbocycles. The largest absolute Gasteiger partial charge is 0.323 e. The summed E-state index contributed by atoms with van der Waals surface area (Å²) in [6.45, 7) is 8.21. The summed E-state index contributed by atoms with van der Waals surface area (Å²) < 4.78 is 1.98. The molecule has 4 heteroatoms. The number of carbonyl (C=O) groups is 1. The first kappa shape index (κ1) is 12.7. The predicted molar refractivity (Wildman–Crippen MR) is 75.0 cm³/mol. The van der Waals surface area contributed by atoms with E-state index in [1.807, 2.05) is 18.5 Å². The van der Waals surface area contributed by atoms with Crippen LogP contribution in [0.4, 0.5) is 5.69 Å². The van der Waals surface area contributed by atoms with Gasteiger partial charge in [0.2, 0.25) is 5.91 Å². The van der Waals surface area contributed by atoms with Crippen LogP contribution in [0.2, 0.25) is 0 Å². The van der Waals surface area contributed by atoms with Crippen molar-refractivity contribution in [2.45, 2.75) is 53.0 Å². The van der Waals surface area contributed by atoms with E-state index in [9.17, 15) is 4.79 Å². The van der Waals surface area contributed by atoms with E-state index in [4.69, 9.17) is 0 Å². The fourth-order valence-electron chi connectivity index (χ4n) is 3.50. The number of fused-ring (bicyclic) bond motifs is 1. The van der Waals surface area contributed by atoms with E-state index in [1.165, 1.54) is 6.42 Å². The van der Waals surface area contributed by atoms with Crippen molar-refractivity contribution in [2.24, 2.45) is 17.8 Å². The molecule has 2 atom stereocenters. The number of hydrogen-bond donors (Lipinski definition) is 1. The van der Waals surface area contributed by atoms with Crippen LogP contribution in [0, 0.1) is 31.6 Å². The molecule has 0 aliphatic heterocycles. The lowest BCUT2D eigenvalue weighted by Crippen LogP contribution is -2.22. The molecule has 1 amide bonds. The summed E-state index contributed by atoms with van der Waals surface area (Å²) in [5, 5.41) is 7.63. The molecular weight excluding hydrogens is 238 g/mol. The van der Waals surface area contributed by atoms with Gasteiger partial charge < -0.3 is 5.32 Å². The van der Waals surface area contributed by atoms with Gasteiger partial charge in [-0.25, -0.2) is 0 Å². The van der Waals surface area contributed by atoms with Crippen LogP contribution in [0.1, 0.15) is 50.5 Å². The minimum Gasteiger partial charge on any atom is -0.323 e. The van der Waals surface area contributed by atoms with Crippen LogP contribution in [0.25, 0.3) is 0 Å². The highest BCUT2D eigenvalue weighted by Crippen LogP contribution is 2.54. The SMILES string of the molecule is Cc1nn(C(C)C)c(C)c1NC(=O)C1CC2CC2C1. The standard InChI is InChI=1S/C15H23N3O/c1-8(2)18-10(4)14(9(3)17-18)16-15(19)13-6-11-5-12(11)7-13/h8,11-13H,5-7H2,1-4H3,(H,16,19). The molecule has 19 heavy (non-hydrogen) atoms. The third-order valence-corrected chi connectivity index (χ3v) is 4.68. The van der Waals surface area contributed by atoms with Crippen LogP contribution in [0.5, 0.6) is 0 Å². The van der Waals surface area contributed by atoms with Crippen molar-refractivity contribution in [1.29, 1.82) is 0 Å². The van der Waals surface area contributed by atoms with Gasteiger partial charge in [-0.2, -0.15) is 5.10 Å². The molecule has 2 aliphatic carbocycles. The second kappa shape index (κ2) is 4.36. The van der Waals surface area contributed by atoms with Gasteiger partial charge in [0.25, 0.3) is 0 Å². The van der Waals surface area contributed by atoms with Crippen LogP contribution < -0.4 is 5.32 Å². The third-order valence-electron chi connectivity index (χ3n) is 4.68. The van der Waals surface area contributed by atoms with Crippen LogP contribution in [-0.4, -0.2) is 15.7 Å². The molecular formula is C15H23N3O. The molecule has 0 radical (unpaired) electrons. The van der Waals surface area contributed by atoms with E-state index < -0.39 is 0 Å². The second-order valence-electron chi connectivity index (χ2n) is 6.50. The molecule has 0 aromatic carbocycles. The van der Waals surface area contributed by atoms with Gasteiger partial charge in [0.1, 0.15) is 0 Å². The summed E-state index contributed by atoms with van der Waals surface area (Å²) in [6.07, 6.45) is 3.53. The predicted octanol–water partition coefficient (Wildman–Crippen LogP) is 3.07. The van der Waals surface area contributed by atoms with Crippen molar-refractivity contribution in [3.8, 4) is 0 Å². The van der Waals surface area contributed by atoms with Crippen molar-refractivity contribution in [2.75, 3.05) is 5.32 Å². The highest BCUT2D eigenvalue weighted by Gasteiger charge is 2.48. The Hall–Kier alpha value is -1.32. The van der Waals surface area contributed by atoms with Gasteiger partial charge in [-0.3, -0.25) is 9.48 Å². The molecule has 2 aliphatic rings. The van der Waals surface area contributed by atoms with Gasteiger partial charge in [0.15, 0.2) is 0 Å². The van der Waals surface area contributed by atoms with Crippen molar-refractivity contribution in [3.63, 3.8) is 0 Å². The highest BCUT2D eigenvalue weighted by molar-refractivity contribution is 5.94. The summed E-state index contributed by atoms with van der Waals surface area (Å²) in [5.41, 5.74) is 2.89. The van der Waals surface area contributed by atoms with Gasteiger partial charge >= 0.3 is 0 Å². The van der Waals surface area contributed by atoms with E-state index in [2.05, 4.69) is 24.3 Å². The fraction of sp³-hybridized carbons (Fsp3) is 0.733. The van der Waals surface area contributed by atoms with Crippen LogP contribution >= 0.6 is 0 Å². The molecule has 1 N–H and O–H groups in total. The second-order valence-corrected chi connectivity index (χ2v) is 6.50. The van der Waals surface area contributed by atoms with Gasteiger partial charge in [-0.15, -0.1) is 0 Å². The number of aryl methyl sites for hydroxylation is 1.